The average molecular weight is 406 g/mol. The van der Waals surface area contributed by atoms with Crippen LogP contribution in [0.15, 0.2) is 52.6 Å². The summed E-state index contributed by atoms with van der Waals surface area (Å²) >= 11 is 3.27. The highest BCUT2D eigenvalue weighted by molar-refractivity contribution is 9.10. The van der Waals surface area contributed by atoms with E-state index in [4.69, 9.17) is 9.47 Å². The lowest BCUT2D eigenvalue weighted by atomic mass is 10.1. The van der Waals surface area contributed by atoms with Crippen LogP contribution in [0.3, 0.4) is 0 Å². The molecule has 0 bridgehead atoms. The second-order valence-corrected chi connectivity index (χ2v) is 5.76. The van der Waals surface area contributed by atoms with Gasteiger partial charge in [0.2, 0.25) is 0 Å². The Bertz CT molecular complexity index is 832. The second-order valence-electron chi connectivity index (χ2n) is 4.91. The number of nitrogens with one attached hydrogen (secondary N) is 1. The number of carbonyl (C=O) groups excluding carboxylic acids is 1. The van der Waals surface area contributed by atoms with E-state index in [1.54, 1.807) is 42.5 Å². The number of carbonyl (C=O) groups is 2. The summed E-state index contributed by atoms with van der Waals surface area (Å²) in [5.74, 6) is -0.803. The van der Waals surface area contributed by atoms with Crippen LogP contribution in [0.25, 0.3) is 6.08 Å². The molecule has 7 heteroatoms. The molecule has 0 saturated carbocycles. The molecule has 0 spiro atoms. The van der Waals surface area contributed by atoms with Crippen molar-refractivity contribution in [1.29, 1.82) is 0 Å². The third-order valence-corrected chi connectivity index (χ3v) is 4.03. The number of benzene rings is 2. The summed E-state index contributed by atoms with van der Waals surface area (Å²) in [7, 11) is 2.98. The first-order valence-electron chi connectivity index (χ1n) is 7.19. The number of halogens is 1. The summed E-state index contributed by atoms with van der Waals surface area (Å²) in [5.41, 5.74) is 0.550. The number of ether oxygens (including phenoxy) is 2. The van der Waals surface area contributed by atoms with E-state index >= 15 is 0 Å². The van der Waals surface area contributed by atoms with E-state index in [2.05, 4.69) is 21.2 Å². The van der Waals surface area contributed by atoms with Crippen LogP contribution in [-0.4, -0.2) is 31.2 Å². The van der Waals surface area contributed by atoms with Crippen LogP contribution in [0.4, 0.5) is 0 Å². The Hall–Kier alpha value is -2.80. The highest BCUT2D eigenvalue weighted by atomic mass is 79.9. The molecular weight excluding hydrogens is 390 g/mol. The van der Waals surface area contributed by atoms with Crippen LogP contribution in [0.5, 0.6) is 11.5 Å². The van der Waals surface area contributed by atoms with Gasteiger partial charge < -0.3 is 19.9 Å². The first kappa shape index (κ1) is 18.5. The monoisotopic (exact) mass is 405 g/mol. The van der Waals surface area contributed by atoms with Crippen LogP contribution in [0, 0.1) is 0 Å². The number of aliphatic carboxylic acids is 1. The standard InChI is InChI=1S/C18H16BrNO5/c1-24-12-8-7-11(16(10-12)25-2)9-15(18(22)23)20-17(21)13-5-3-4-6-14(13)19/h3-10H,1-2H3,(H,20,21)(H,22,23)/b15-9+. The fourth-order valence-corrected chi connectivity index (χ4v) is 2.54. The summed E-state index contributed by atoms with van der Waals surface area (Å²) in [6.07, 6.45) is 1.33. The van der Waals surface area contributed by atoms with Gasteiger partial charge in [0.25, 0.3) is 5.91 Å². The molecule has 2 N–H and O–H groups in total. The van der Waals surface area contributed by atoms with Crippen molar-refractivity contribution in [3.8, 4) is 11.5 Å². The molecule has 6 nitrogen and oxygen atoms in total. The zero-order chi connectivity index (χ0) is 18.4. The quantitative estimate of drug-likeness (QED) is 0.719. The van der Waals surface area contributed by atoms with Gasteiger partial charge in [-0.05, 0) is 46.3 Å². The van der Waals surface area contributed by atoms with Crippen LogP contribution in [0.2, 0.25) is 0 Å². The van der Waals surface area contributed by atoms with Gasteiger partial charge in [-0.25, -0.2) is 4.79 Å². The molecule has 2 rings (SSSR count). The molecule has 0 aliphatic carbocycles. The Morgan fingerprint density at radius 2 is 1.84 bits per heavy atom. The topological polar surface area (TPSA) is 84.9 Å². The summed E-state index contributed by atoms with van der Waals surface area (Å²) in [4.78, 5) is 23.8. The van der Waals surface area contributed by atoms with Crippen molar-refractivity contribution in [2.45, 2.75) is 0 Å². The molecule has 25 heavy (non-hydrogen) atoms. The number of amides is 1. The lowest BCUT2D eigenvalue weighted by Crippen LogP contribution is -2.27. The highest BCUT2D eigenvalue weighted by Gasteiger charge is 2.16. The van der Waals surface area contributed by atoms with E-state index in [0.717, 1.165) is 0 Å². The van der Waals surface area contributed by atoms with Gasteiger partial charge in [-0.15, -0.1) is 0 Å². The molecule has 1 amide bonds. The normalized spacial score (nSPS) is 10.9. The van der Waals surface area contributed by atoms with Gasteiger partial charge in [0.05, 0.1) is 19.8 Å². The minimum absolute atomic E-state index is 0.274. The molecule has 0 atom stereocenters. The molecular formula is C18H16BrNO5. The highest BCUT2D eigenvalue weighted by Crippen LogP contribution is 2.26. The molecule has 0 saturated heterocycles. The maximum Gasteiger partial charge on any atom is 0.352 e. The minimum atomic E-state index is -1.27. The van der Waals surface area contributed by atoms with Crippen LogP contribution in [-0.2, 0) is 4.79 Å². The average Bonchev–Trinajstić information content (AvgIpc) is 2.61. The fourth-order valence-electron chi connectivity index (χ4n) is 2.08. The number of rotatable bonds is 6. The third kappa shape index (κ3) is 4.60. The number of carboxylic acids is 1. The summed E-state index contributed by atoms with van der Waals surface area (Å²) in [5, 5.41) is 11.8. The van der Waals surface area contributed by atoms with Gasteiger partial charge in [-0.1, -0.05) is 12.1 Å². The predicted molar refractivity (Wildman–Crippen MR) is 96.8 cm³/mol. The zero-order valence-corrected chi connectivity index (χ0v) is 15.2. The molecule has 0 radical (unpaired) electrons. The third-order valence-electron chi connectivity index (χ3n) is 3.34. The van der Waals surface area contributed by atoms with Crippen LogP contribution >= 0.6 is 15.9 Å². The molecule has 0 fully saturated rings. The van der Waals surface area contributed by atoms with Crippen molar-refractivity contribution in [3.63, 3.8) is 0 Å². The number of carboxylic acid groups (broad SMARTS) is 1. The molecule has 0 aliphatic heterocycles. The van der Waals surface area contributed by atoms with E-state index in [9.17, 15) is 14.7 Å². The number of hydrogen-bond acceptors (Lipinski definition) is 4. The van der Waals surface area contributed by atoms with Gasteiger partial charge in [0.1, 0.15) is 17.2 Å². The number of hydrogen-bond donors (Lipinski definition) is 2. The summed E-state index contributed by atoms with van der Waals surface area (Å²) < 4.78 is 10.9. The zero-order valence-electron chi connectivity index (χ0n) is 13.6. The van der Waals surface area contributed by atoms with E-state index in [1.807, 2.05) is 0 Å². The van der Waals surface area contributed by atoms with Gasteiger partial charge in [-0.3, -0.25) is 4.79 Å². The van der Waals surface area contributed by atoms with Gasteiger partial charge in [-0.2, -0.15) is 0 Å². The maximum absolute atomic E-state index is 12.3. The van der Waals surface area contributed by atoms with Crippen LogP contribution in [0.1, 0.15) is 15.9 Å². The van der Waals surface area contributed by atoms with Crippen molar-refractivity contribution in [1.82, 2.24) is 5.32 Å². The van der Waals surface area contributed by atoms with Gasteiger partial charge >= 0.3 is 5.97 Å². The Balaban J connectivity index is 2.35. The molecule has 2 aromatic rings. The molecule has 0 aromatic heterocycles. The van der Waals surface area contributed by atoms with E-state index in [-0.39, 0.29) is 5.70 Å². The number of methoxy groups -OCH3 is 2. The minimum Gasteiger partial charge on any atom is -0.497 e. The largest absolute Gasteiger partial charge is 0.497 e. The van der Waals surface area contributed by atoms with Crippen molar-refractivity contribution < 1.29 is 24.2 Å². The Morgan fingerprint density at radius 1 is 1.12 bits per heavy atom. The molecule has 0 unspecified atom stereocenters. The van der Waals surface area contributed by atoms with E-state index in [0.29, 0.717) is 27.1 Å². The van der Waals surface area contributed by atoms with Crippen LogP contribution < -0.4 is 14.8 Å². The van der Waals surface area contributed by atoms with Crippen molar-refractivity contribution in [2.75, 3.05) is 14.2 Å². The van der Waals surface area contributed by atoms with E-state index < -0.39 is 11.9 Å². The lowest BCUT2D eigenvalue weighted by Gasteiger charge is -2.10. The molecule has 0 aliphatic rings. The maximum atomic E-state index is 12.3. The summed E-state index contributed by atoms with van der Waals surface area (Å²) in [6.45, 7) is 0. The smallest absolute Gasteiger partial charge is 0.352 e. The van der Waals surface area contributed by atoms with Crippen molar-refractivity contribution in [3.05, 3.63) is 63.8 Å². The molecule has 2 aromatic carbocycles. The molecule has 130 valence electrons. The Morgan fingerprint density at radius 3 is 2.44 bits per heavy atom. The lowest BCUT2D eigenvalue weighted by molar-refractivity contribution is -0.132. The first-order chi connectivity index (χ1) is 12.0. The first-order valence-corrected chi connectivity index (χ1v) is 7.98. The Kier molecular flexibility index (Phi) is 6.19. The SMILES string of the molecule is COc1ccc(/C=C(/NC(=O)c2ccccc2Br)C(=O)O)c(OC)c1. The second kappa shape index (κ2) is 8.34. The van der Waals surface area contributed by atoms with E-state index in [1.165, 1.54) is 20.3 Å². The van der Waals surface area contributed by atoms with Gasteiger partial charge in [0.15, 0.2) is 0 Å². The molecule has 0 heterocycles. The predicted octanol–water partition coefficient (Wildman–Crippen LogP) is 3.32. The van der Waals surface area contributed by atoms with Crippen molar-refractivity contribution in [2.24, 2.45) is 0 Å². The van der Waals surface area contributed by atoms with Gasteiger partial charge in [0, 0.05) is 16.1 Å². The Labute approximate surface area is 153 Å². The fraction of sp³-hybridized carbons (Fsp3) is 0.111. The van der Waals surface area contributed by atoms with Crippen molar-refractivity contribution >= 4 is 33.9 Å². The summed E-state index contributed by atoms with van der Waals surface area (Å²) in [6, 6.07) is 11.7.